The zero-order chi connectivity index (χ0) is 24.5. The number of likely N-dealkylation sites (tertiary alicyclic amines) is 1. The number of ether oxygens (including phenoxy) is 2. The average molecular weight is 485 g/mol. The third-order valence-corrected chi connectivity index (χ3v) is 6.15. The Balaban J connectivity index is 2.55. The molecule has 0 aromatic heterocycles. The number of thiol groups is 1. The molecule has 32 heavy (non-hydrogen) atoms. The van der Waals surface area contributed by atoms with Crippen LogP contribution in [0.25, 0.3) is 0 Å². The van der Waals surface area contributed by atoms with Crippen LogP contribution in [0.15, 0.2) is 41.1 Å². The van der Waals surface area contributed by atoms with E-state index in [1.807, 2.05) is 0 Å². The van der Waals surface area contributed by atoms with Gasteiger partial charge in [0.05, 0.1) is 4.90 Å². The molecule has 1 unspecified atom stereocenters. The maximum absolute atomic E-state index is 13.4. The first-order valence-electron chi connectivity index (χ1n) is 10.2. The molecule has 1 aromatic carbocycles. The number of carbonyl (C=O) groups is 2. The zero-order valence-electron chi connectivity index (χ0n) is 19.6. The molecule has 1 saturated heterocycles. The fourth-order valence-corrected chi connectivity index (χ4v) is 4.58. The van der Waals surface area contributed by atoms with Crippen molar-refractivity contribution in [2.45, 2.75) is 76.2 Å². The van der Waals surface area contributed by atoms with Gasteiger partial charge in [0.2, 0.25) is 0 Å². The van der Waals surface area contributed by atoms with Crippen LogP contribution in [0.3, 0.4) is 0 Å². The van der Waals surface area contributed by atoms with Crippen LogP contribution in [0.5, 0.6) is 0 Å². The smallest absolute Gasteiger partial charge is 0.428 e. The summed E-state index contributed by atoms with van der Waals surface area (Å²) in [5.41, 5.74) is -0.659. The van der Waals surface area contributed by atoms with Crippen molar-refractivity contribution >= 4 is 34.8 Å². The van der Waals surface area contributed by atoms with Gasteiger partial charge in [-0.05, 0) is 66.2 Å². The van der Waals surface area contributed by atoms with E-state index in [0.29, 0.717) is 10.0 Å². The van der Waals surface area contributed by atoms with Crippen LogP contribution in [0.1, 0.15) is 53.5 Å². The van der Waals surface area contributed by atoms with Crippen molar-refractivity contribution in [1.29, 1.82) is 0 Å². The Labute approximate surface area is 196 Å². The first-order valence-corrected chi connectivity index (χ1v) is 12.2. The summed E-state index contributed by atoms with van der Waals surface area (Å²) in [4.78, 5) is 26.9. The largest absolute Gasteiger partial charge is 0.443 e. The van der Waals surface area contributed by atoms with E-state index in [1.54, 1.807) is 60.6 Å². The van der Waals surface area contributed by atoms with Crippen LogP contribution in [0, 0.1) is 6.92 Å². The average Bonchev–Trinajstić information content (AvgIpc) is 2.97. The number of rotatable bonds is 3. The minimum absolute atomic E-state index is 0.0653. The molecule has 1 atom stereocenters. The number of benzene rings is 1. The summed E-state index contributed by atoms with van der Waals surface area (Å²) in [5.74, 6) is 0. The molecule has 0 aliphatic carbocycles. The molecule has 0 saturated carbocycles. The first kappa shape index (κ1) is 26.1. The van der Waals surface area contributed by atoms with E-state index >= 15 is 0 Å². The van der Waals surface area contributed by atoms with Crippen molar-refractivity contribution in [2.24, 2.45) is 0 Å². The van der Waals surface area contributed by atoms with Gasteiger partial charge in [-0.15, -0.1) is 0 Å². The lowest BCUT2D eigenvalue weighted by Crippen LogP contribution is -2.39. The molecule has 10 heteroatoms. The van der Waals surface area contributed by atoms with E-state index in [2.05, 4.69) is 12.6 Å². The Morgan fingerprint density at radius 1 is 1.12 bits per heavy atom. The molecule has 1 aliphatic rings. The van der Waals surface area contributed by atoms with Crippen LogP contribution in [-0.4, -0.2) is 52.8 Å². The number of hydrogen-bond acceptors (Lipinski definition) is 7. The molecule has 1 heterocycles. The Morgan fingerprint density at radius 2 is 1.72 bits per heavy atom. The van der Waals surface area contributed by atoms with Crippen molar-refractivity contribution in [3.63, 3.8) is 0 Å². The molecule has 2 rings (SSSR count). The Hall–Kier alpha value is -2.20. The van der Waals surface area contributed by atoms with Gasteiger partial charge in [0, 0.05) is 30.1 Å². The molecule has 0 radical (unpaired) electrons. The summed E-state index contributed by atoms with van der Waals surface area (Å²) >= 11 is 4.44. The normalized spacial score (nSPS) is 18.6. The predicted octanol–water partition coefficient (Wildman–Crippen LogP) is 4.70. The summed E-state index contributed by atoms with van der Waals surface area (Å²) in [7, 11) is -4.31. The highest BCUT2D eigenvalue weighted by Gasteiger charge is 2.37. The third kappa shape index (κ3) is 6.90. The lowest BCUT2D eigenvalue weighted by Gasteiger charge is -2.28. The number of carbonyl (C=O) groups excluding carboxylic acids is 2. The molecular weight excluding hydrogens is 452 g/mol. The van der Waals surface area contributed by atoms with Gasteiger partial charge in [-0.3, -0.25) is 4.90 Å². The van der Waals surface area contributed by atoms with E-state index in [0.717, 1.165) is 11.8 Å². The molecular formula is C22H32N2O6S2. The molecule has 178 valence electrons. The number of amides is 2. The van der Waals surface area contributed by atoms with Gasteiger partial charge in [0.25, 0.3) is 10.0 Å². The molecule has 1 aromatic rings. The maximum Gasteiger partial charge on any atom is 0.428 e. The van der Waals surface area contributed by atoms with Crippen molar-refractivity contribution < 1.29 is 27.5 Å². The van der Waals surface area contributed by atoms with Crippen LogP contribution >= 0.6 is 12.6 Å². The van der Waals surface area contributed by atoms with Gasteiger partial charge in [-0.25, -0.2) is 18.0 Å². The molecule has 8 nitrogen and oxygen atoms in total. The topological polar surface area (TPSA) is 93.2 Å². The first-order chi connectivity index (χ1) is 14.5. The van der Waals surface area contributed by atoms with Crippen LogP contribution in [0.2, 0.25) is 0 Å². The molecule has 2 amide bonds. The summed E-state index contributed by atoms with van der Waals surface area (Å²) < 4.78 is 38.2. The molecule has 0 spiro atoms. The molecule has 1 fully saturated rings. The summed E-state index contributed by atoms with van der Waals surface area (Å²) in [6.45, 7) is 12.1. The Kier molecular flexibility index (Phi) is 7.61. The number of aryl methyl sites for hydroxylation is 1. The minimum atomic E-state index is -4.31. The minimum Gasteiger partial charge on any atom is -0.443 e. The number of hydrogen-bond donors (Lipinski definition) is 1. The maximum atomic E-state index is 13.4. The molecule has 0 N–H and O–H groups in total. The fourth-order valence-electron chi connectivity index (χ4n) is 2.93. The fraction of sp³-hybridized carbons (Fsp3) is 0.545. The van der Waals surface area contributed by atoms with Gasteiger partial charge in [0.15, 0.2) is 0 Å². The quantitative estimate of drug-likeness (QED) is 0.625. The second kappa shape index (κ2) is 9.35. The lowest BCUT2D eigenvalue weighted by atomic mass is 10.2. The van der Waals surface area contributed by atoms with E-state index < -0.39 is 33.4 Å². The highest BCUT2D eigenvalue weighted by atomic mass is 32.2. The van der Waals surface area contributed by atoms with Crippen molar-refractivity contribution in [1.82, 2.24) is 9.21 Å². The molecule has 0 bridgehead atoms. The summed E-state index contributed by atoms with van der Waals surface area (Å²) in [6, 6.07) is 6.21. The number of allylic oxidation sites excluding steroid dienone is 1. The number of nitrogens with zero attached hydrogens (tertiary/aromatic N) is 2. The second-order valence-corrected chi connectivity index (χ2v) is 12.2. The van der Waals surface area contributed by atoms with E-state index in [1.165, 1.54) is 17.0 Å². The van der Waals surface area contributed by atoms with Crippen LogP contribution < -0.4 is 0 Å². The predicted molar refractivity (Wildman–Crippen MR) is 125 cm³/mol. The van der Waals surface area contributed by atoms with E-state index in [9.17, 15) is 18.0 Å². The van der Waals surface area contributed by atoms with Gasteiger partial charge < -0.3 is 9.47 Å². The van der Waals surface area contributed by atoms with E-state index in [-0.39, 0.29) is 23.1 Å². The van der Waals surface area contributed by atoms with Gasteiger partial charge in [-0.2, -0.15) is 16.9 Å². The summed E-state index contributed by atoms with van der Waals surface area (Å²) in [5, 5.41) is -0.240. The van der Waals surface area contributed by atoms with Crippen LogP contribution in [-0.2, 0) is 19.5 Å². The SMILES string of the molecule is Cc1cccc(S(=O)(=O)N(/C=C2\CC(S)CN2C(=O)OC(C)(C)C)C(=O)OC(C)(C)C)c1. The van der Waals surface area contributed by atoms with Gasteiger partial charge in [-0.1, -0.05) is 12.1 Å². The Morgan fingerprint density at radius 3 is 2.25 bits per heavy atom. The monoisotopic (exact) mass is 484 g/mol. The third-order valence-electron chi connectivity index (χ3n) is 4.18. The highest BCUT2D eigenvalue weighted by Crippen LogP contribution is 2.30. The second-order valence-electron chi connectivity index (χ2n) is 9.67. The van der Waals surface area contributed by atoms with E-state index in [4.69, 9.17) is 9.47 Å². The van der Waals surface area contributed by atoms with Crippen molar-refractivity contribution in [3.05, 3.63) is 41.7 Å². The van der Waals surface area contributed by atoms with Gasteiger partial charge >= 0.3 is 12.2 Å². The number of sulfonamides is 1. The standard InChI is InChI=1S/C22H32N2O6S2/c1-15-9-8-10-18(11-15)32(27,28)24(20(26)30-22(5,6)7)13-16-12-17(31)14-23(16)19(25)29-21(2,3)4/h8-11,13,17,31H,12,14H2,1-7H3/b16-13+. The lowest BCUT2D eigenvalue weighted by molar-refractivity contribution is 0.0326. The Bertz CT molecular complexity index is 1010. The van der Waals surface area contributed by atoms with Crippen molar-refractivity contribution in [2.75, 3.05) is 6.54 Å². The van der Waals surface area contributed by atoms with Crippen molar-refractivity contribution in [3.8, 4) is 0 Å². The van der Waals surface area contributed by atoms with Gasteiger partial charge in [0.1, 0.15) is 11.2 Å². The molecule has 1 aliphatic heterocycles. The van der Waals surface area contributed by atoms with Crippen LogP contribution in [0.4, 0.5) is 9.59 Å². The summed E-state index contributed by atoms with van der Waals surface area (Å²) in [6.07, 6.45) is -0.313. The zero-order valence-corrected chi connectivity index (χ0v) is 21.3. The highest BCUT2D eigenvalue weighted by molar-refractivity contribution is 7.89.